The highest BCUT2D eigenvalue weighted by atomic mass is 19.4. The van der Waals surface area contributed by atoms with Crippen molar-refractivity contribution in [2.75, 3.05) is 0 Å². The second kappa shape index (κ2) is 5.12. The number of Topliss-reactive ketones (excluding diaryl/α,β-unsaturated/α-hetero) is 1. The van der Waals surface area contributed by atoms with Crippen molar-refractivity contribution in [3.63, 3.8) is 0 Å². The molecule has 1 saturated carbocycles. The van der Waals surface area contributed by atoms with E-state index in [0.29, 0.717) is 12.8 Å². The number of benzene rings is 1. The molecule has 1 aromatic carbocycles. The molecule has 4 heteroatoms. The Hall–Kier alpha value is -1.32. The van der Waals surface area contributed by atoms with Crippen molar-refractivity contribution in [2.24, 2.45) is 0 Å². The van der Waals surface area contributed by atoms with Crippen LogP contribution in [0.2, 0.25) is 0 Å². The molecule has 1 fully saturated rings. The minimum Gasteiger partial charge on any atom is -0.300 e. The molecule has 1 atom stereocenters. The van der Waals surface area contributed by atoms with Crippen LogP contribution in [0.1, 0.15) is 49.1 Å². The summed E-state index contributed by atoms with van der Waals surface area (Å²) in [6.45, 7) is 0. The van der Waals surface area contributed by atoms with Gasteiger partial charge < -0.3 is 0 Å². The van der Waals surface area contributed by atoms with Gasteiger partial charge in [-0.05, 0) is 30.4 Å². The van der Waals surface area contributed by atoms with Gasteiger partial charge in [-0.15, -0.1) is 0 Å². The summed E-state index contributed by atoms with van der Waals surface area (Å²) in [6, 6.07) is 5.61. The van der Waals surface area contributed by atoms with E-state index in [0.717, 1.165) is 18.9 Å². The number of carbonyl (C=O) groups is 1. The molecule has 0 spiro atoms. The molecule has 0 bridgehead atoms. The van der Waals surface area contributed by atoms with Crippen LogP contribution in [0.4, 0.5) is 13.2 Å². The molecule has 98 valence electrons. The average Bonchev–Trinajstić information content (AvgIpc) is 2.53. The van der Waals surface area contributed by atoms with E-state index in [4.69, 9.17) is 0 Å². The van der Waals surface area contributed by atoms with Gasteiger partial charge >= 0.3 is 6.18 Å². The van der Waals surface area contributed by atoms with Gasteiger partial charge in [-0.25, -0.2) is 0 Å². The first-order valence-electron chi connectivity index (χ1n) is 6.16. The third-order valence-corrected chi connectivity index (χ3v) is 3.44. The smallest absolute Gasteiger partial charge is 0.300 e. The third-order valence-electron chi connectivity index (χ3n) is 3.44. The molecule has 1 aliphatic rings. The average molecular weight is 256 g/mol. The zero-order chi connectivity index (χ0) is 13.2. The molecule has 0 saturated heterocycles. The van der Waals surface area contributed by atoms with Crippen LogP contribution in [0.25, 0.3) is 0 Å². The number of alkyl halides is 3. The highest BCUT2D eigenvalue weighted by Gasteiger charge is 2.35. The fourth-order valence-corrected chi connectivity index (χ4v) is 2.57. The largest absolute Gasteiger partial charge is 0.416 e. The van der Waals surface area contributed by atoms with Crippen LogP contribution in [-0.4, -0.2) is 5.78 Å². The predicted octanol–water partition coefficient (Wildman–Crippen LogP) is 4.32. The standard InChI is InChI=1S/C14H15F3O/c15-14(16,17)13-8-4-3-7-12(13)10-5-1-2-6-11(18)9-10/h3-4,7-8,10H,1-2,5-6,9H2. The normalized spacial score (nSPS) is 21.7. The van der Waals surface area contributed by atoms with Crippen LogP contribution in [0.3, 0.4) is 0 Å². The lowest BCUT2D eigenvalue weighted by molar-refractivity contribution is -0.138. The van der Waals surface area contributed by atoms with E-state index in [1.807, 2.05) is 0 Å². The SMILES string of the molecule is O=C1CCCCC(c2ccccc2C(F)(F)F)C1. The lowest BCUT2D eigenvalue weighted by Gasteiger charge is -2.19. The Labute approximate surface area is 104 Å². The highest BCUT2D eigenvalue weighted by Crippen LogP contribution is 2.39. The Kier molecular flexibility index (Phi) is 3.73. The Morgan fingerprint density at radius 3 is 2.56 bits per heavy atom. The van der Waals surface area contributed by atoms with Crippen LogP contribution in [0.15, 0.2) is 24.3 Å². The number of halogens is 3. The summed E-state index contributed by atoms with van der Waals surface area (Å²) in [4.78, 5) is 11.5. The summed E-state index contributed by atoms with van der Waals surface area (Å²) in [6.07, 6.45) is -1.31. The first kappa shape index (κ1) is 13.1. The van der Waals surface area contributed by atoms with Gasteiger partial charge in [-0.1, -0.05) is 24.6 Å². The van der Waals surface area contributed by atoms with Crippen molar-refractivity contribution in [2.45, 2.75) is 44.2 Å². The number of ketones is 1. The number of carbonyl (C=O) groups excluding carboxylic acids is 1. The van der Waals surface area contributed by atoms with Gasteiger partial charge in [0, 0.05) is 12.8 Å². The molecule has 0 aromatic heterocycles. The van der Waals surface area contributed by atoms with E-state index in [2.05, 4.69) is 0 Å². The van der Waals surface area contributed by atoms with Crippen LogP contribution >= 0.6 is 0 Å². The zero-order valence-corrected chi connectivity index (χ0v) is 9.96. The van der Waals surface area contributed by atoms with Crippen molar-refractivity contribution in [3.8, 4) is 0 Å². The van der Waals surface area contributed by atoms with Gasteiger partial charge in [0.15, 0.2) is 0 Å². The van der Waals surface area contributed by atoms with Crippen LogP contribution < -0.4 is 0 Å². The number of hydrogen-bond donors (Lipinski definition) is 0. The minimum atomic E-state index is -4.34. The van der Waals surface area contributed by atoms with Gasteiger partial charge in [0.1, 0.15) is 5.78 Å². The maximum Gasteiger partial charge on any atom is 0.416 e. The van der Waals surface area contributed by atoms with Crippen LogP contribution in [0, 0.1) is 0 Å². The molecular formula is C14H15F3O. The summed E-state index contributed by atoms with van der Waals surface area (Å²) < 4.78 is 38.8. The number of hydrogen-bond acceptors (Lipinski definition) is 1. The fraction of sp³-hybridized carbons (Fsp3) is 0.500. The third kappa shape index (κ3) is 2.92. The predicted molar refractivity (Wildman–Crippen MR) is 62.3 cm³/mol. The Morgan fingerprint density at radius 1 is 1.11 bits per heavy atom. The van der Waals surface area contributed by atoms with Gasteiger partial charge in [0.2, 0.25) is 0 Å². The first-order chi connectivity index (χ1) is 8.48. The van der Waals surface area contributed by atoms with Gasteiger partial charge in [0.05, 0.1) is 5.56 Å². The van der Waals surface area contributed by atoms with Gasteiger partial charge in [0.25, 0.3) is 0 Å². The molecule has 1 aromatic rings. The molecule has 18 heavy (non-hydrogen) atoms. The molecule has 0 radical (unpaired) electrons. The highest BCUT2D eigenvalue weighted by molar-refractivity contribution is 5.79. The van der Waals surface area contributed by atoms with E-state index >= 15 is 0 Å². The molecule has 0 N–H and O–H groups in total. The van der Waals surface area contributed by atoms with Crippen LogP contribution in [-0.2, 0) is 11.0 Å². The summed E-state index contributed by atoms with van der Waals surface area (Å²) in [5.41, 5.74) is -0.315. The van der Waals surface area contributed by atoms with Crippen LogP contribution in [0.5, 0.6) is 0 Å². The minimum absolute atomic E-state index is 0.0782. The maximum atomic E-state index is 12.9. The van der Waals surface area contributed by atoms with E-state index in [1.165, 1.54) is 12.1 Å². The van der Waals surface area contributed by atoms with Crippen molar-refractivity contribution >= 4 is 5.78 Å². The fourth-order valence-electron chi connectivity index (χ4n) is 2.57. The van der Waals surface area contributed by atoms with Crippen molar-refractivity contribution in [1.29, 1.82) is 0 Å². The number of rotatable bonds is 1. The molecular weight excluding hydrogens is 241 g/mol. The van der Waals surface area contributed by atoms with Gasteiger partial charge in [-0.3, -0.25) is 4.79 Å². The molecule has 1 unspecified atom stereocenters. The molecule has 0 amide bonds. The molecule has 1 nitrogen and oxygen atoms in total. The monoisotopic (exact) mass is 256 g/mol. The quantitative estimate of drug-likeness (QED) is 0.684. The second-order valence-corrected chi connectivity index (χ2v) is 4.77. The summed E-state index contributed by atoms with van der Waals surface area (Å²) >= 11 is 0. The lowest BCUT2D eigenvalue weighted by Crippen LogP contribution is -2.13. The second-order valence-electron chi connectivity index (χ2n) is 4.77. The summed E-state index contributed by atoms with van der Waals surface area (Å²) in [7, 11) is 0. The Morgan fingerprint density at radius 2 is 1.83 bits per heavy atom. The first-order valence-corrected chi connectivity index (χ1v) is 6.16. The van der Waals surface area contributed by atoms with E-state index in [1.54, 1.807) is 6.07 Å². The summed E-state index contributed by atoms with van der Waals surface area (Å²) in [5.74, 6) is -0.202. The summed E-state index contributed by atoms with van der Waals surface area (Å²) in [5, 5.41) is 0. The molecule has 2 rings (SSSR count). The van der Waals surface area contributed by atoms with Crippen molar-refractivity contribution in [3.05, 3.63) is 35.4 Å². The topological polar surface area (TPSA) is 17.1 Å². The van der Waals surface area contributed by atoms with Crippen molar-refractivity contribution < 1.29 is 18.0 Å². The molecule has 0 aliphatic heterocycles. The van der Waals surface area contributed by atoms with Gasteiger partial charge in [-0.2, -0.15) is 13.2 Å². The maximum absolute atomic E-state index is 12.9. The Bertz CT molecular complexity index is 437. The van der Waals surface area contributed by atoms with Crippen molar-refractivity contribution in [1.82, 2.24) is 0 Å². The van der Waals surface area contributed by atoms with E-state index < -0.39 is 11.7 Å². The zero-order valence-electron chi connectivity index (χ0n) is 9.96. The molecule has 0 heterocycles. The lowest BCUT2D eigenvalue weighted by atomic mass is 9.88. The Balaban J connectivity index is 2.34. The molecule has 1 aliphatic carbocycles. The van der Waals surface area contributed by atoms with E-state index in [9.17, 15) is 18.0 Å². The van der Waals surface area contributed by atoms with E-state index in [-0.39, 0.29) is 23.7 Å².